The first-order chi connectivity index (χ1) is 16.4. The maximum absolute atomic E-state index is 13.4. The summed E-state index contributed by atoms with van der Waals surface area (Å²) in [5, 5.41) is 18.6. The van der Waals surface area contributed by atoms with Gasteiger partial charge in [-0.05, 0) is 61.2 Å². The van der Waals surface area contributed by atoms with Crippen molar-refractivity contribution in [2.24, 2.45) is 0 Å². The lowest BCUT2D eigenvalue weighted by molar-refractivity contribution is 0.0861. The predicted molar refractivity (Wildman–Crippen MR) is 129 cm³/mol. The SMILES string of the molecule is O=C(N[C@@H]1CCC[C@H]1O)c1nn(-c2ccc(Cl)cc2Cl)c2c1COC/C2=C\c1ccc(F)cc1. The number of hydrogen-bond acceptors (Lipinski definition) is 4. The van der Waals surface area contributed by atoms with Crippen LogP contribution in [0, 0.1) is 5.82 Å². The zero-order valence-electron chi connectivity index (χ0n) is 18.1. The summed E-state index contributed by atoms with van der Waals surface area (Å²) in [6.45, 7) is 0.473. The summed E-state index contributed by atoms with van der Waals surface area (Å²) in [5.41, 5.74) is 3.64. The molecule has 0 radical (unpaired) electrons. The van der Waals surface area contributed by atoms with Crippen LogP contribution in [0.4, 0.5) is 4.39 Å². The number of amides is 1. The molecule has 0 spiro atoms. The number of aromatic nitrogens is 2. The first-order valence-electron chi connectivity index (χ1n) is 11.0. The van der Waals surface area contributed by atoms with Gasteiger partial charge in [0.15, 0.2) is 5.69 Å². The second kappa shape index (κ2) is 9.50. The molecule has 1 saturated carbocycles. The normalized spacial score (nSPS) is 21.0. The Morgan fingerprint density at radius 2 is 1.97 bits per heavy atom. The lowest BCUT2D eigenvalue weighted by atomic mass is 10.0. The van der Waals surface area contributed by atoms with Crippen LogP contribution in [-0.2, 0) is 11.3 Å². The van der Waals surface area contributed by atoms with Crippen LogP contribution in [0.1, 0.15) is 46.6 Å². The molecule has 1 aliphatic carbocycles. The van der Waals surface area contributed by atoms with Gasteiger partial charge in [0.25, 0.3) is 5.91 Å². The minimum Gasteiger partial charge on any atom is -0.391 e. The van der Waals surface area contributed by atoms with Crippen LogP contribution in [0.15, 0.2) is 42.5 Å². The zero-order valence-corrected chi connectivity index (χ0v) is 19.6. The Balaban J connectivity index is 1.63. The molecular weight excluding hydrogens is 480 g/mol. The molecule has 1 aliphatic heterocycles. The first-order valence-corrected chi connectivity index (χ1v) is 11.8. The Morgan fingerprint density at radius 1 is 1.18 bits per heavy atom. The molecule has 3 aromatic rings. The molecule has 2 heterocycles. The van der Waals surface area contributed by atoms with E-state index in [1.165, 1.54) is 12.1 Å². The van der Waals surface area contributed by atoms with Gasteiger partial charge < -0.3 is 15.2 Å². The number of fused-ring (bicyclic) bond motifs is 1. The zero-order chi connectivity index (χ0) is 23.8. The minimum atomic E-state index is -0.572. The highest BCUT2D eigenvalue weighted by Crippen LogP contribution is 2.35. The van der Waals surface area contributed by atoms with E-state index >= 15 is 0 Å². The van der Waals surface area contributed by atoms with Crippen LogP contribution in [0.25, 0.3) is 17.3 Å². The molecule has 0 unspecified atom stereocenters. The molecule has 5 rings (SSSR count). The number of halogens is 3. The lowest BCUT2D eigenvalue weighted by Crippen LogP contribution is -2.40. The van der Waals surface area contributed by atoms with Gasteiger partial charge in [0.2, 0.25) is 0 Å². The van der Waals surface area contributed by atoms with E-state index < -0.39 is 6.10 Å². The molecule has 6 nitrogen and oxygen atoms in total. The van der Waals surface area contributed by atoms with Gasteiger partial charge in [0.1, 0.15) is 5.82 Å². The third-order valence-corrected chi connectivity index (χ3v) is 6.69. The third-order valence-electron chi connectivity index (χ3n) is 6.15. The first kappa shape index (κ1) is 23.1. The molecule has 2 N–H and O–H groups in total. The maximum atomic E-state index is 13.4. The third kappa shape index (κ3) is 4.49. The number of carbonyl (C=O) groups is 1. The number of benzene rings is 2. The molecule has 1 amide bonds. The van der Waals surface area contributed by atoms with E-state index in [0.717, 1.165) is 17.6 Å². The highest BCUT2D eigenvalue weighted by molar-refractivity contribution is 6.35. The summed E-state index contributed by atoms with van der Waals surface area (Å²) in [5.74, 6) is -0.702. The van der Waals surface area contributed by atoms with E-state index in [4.69, 9.17) is 27.9 Å². The minimum absolute atomic E-state index is 0.192. The smallest absolute Gasteiger partial charge is 0.272 e. The lowest BCUT2D eigenvalue weighted by Gasteiger charge is -2.20. The summed E-state index contributed by atoms with van der Waals surface area (Å²) < 4.78 is 20.8. The van der Waals surface area contributed by atoms with E-state index in [2.05, 4.69) is 10.4 Å². The molecule has 2 aromatic carbocycles. The quantitative estimate of drug-likeness (QED) is 0.525. The van der Waals surface area contributed by atoms with Crippen molar-refractivity contribution >= 4 is 40.8 Å². The van der Waals surface area contributed by atoms with Crippen molar-refractivity contribution in [3.63, 3.8) is 0 Å². The van der Waals surface area contributed by atoms with Crippen molar-refractivity contribution in [2.45, 2.75) is 38.0 Å². The Hall–Kier alpha value is -2.71. The second-order valence-corrected chi connectivity index (χ2v) is 9.32. The Morgan fingerprint density at radius 3 is 2.68 bits per heavy atom. The van der Waals surface area contributed by atoms with Crippen molar-refractivity contribution in [1.82, 2.24) is 15.1 Å². The average Bonchev–Trinajstić information content (AvgIpc) is 3.39. The van der Waals surface area contributed by atoms with E-state index in [0.29, 0.717) is 39.8 Å². The summed E-state index contributed by atoms with van der Waals surface area (Å²) in [6, 6.07) is 10.9. The van der Waals surface area contributed by atoms with Gasteiger partial charge in [-0.25, -0.2) is 9.07 Å². The number of aliphatic hydroxyl groups is 1. The summed E-state index contributed by atoms with van der Waals surface area (Å²) in [7, 11) is 0. The Kier molecular flexibility index (Phi) is 6.44. The van der Waals surface area contributed by atoms with Crippen molar-refractivity contribution in [3.8, 4) is 5.69 Å². The van der Waals surface area contributed by atoms with Gasteiger partial charge >= 0.3 is 0 Å². The van der Waals surface area contributed by atoms with Gasteiger partial charge in [-0.2, -0.15) is 5.10 Å². The van der Waals surface area contributed by atoms with Crippen LogP contribution in [0.2, 0.25) is 10.0 Å². The fourth-order valence-electron chi connectivity index (χ4n) is 4.47. The molecule has 176 valence electrons. The van der Waals surface area contributed by atoms with Crippen LogP contribution in [-0.4, -0.2) is 39.5 Å². The van der Waals surface area contributed by atoms with E-state index in [-0.39, 0.29) is 36.7 Å². The largest absolute Gasteiger partial charge is 0.391 e. The number of hydrogen-bond donors (Lipinski definition) is 2. The number of aliphatic hydroxyl groups excluding tert-OH is 1. The monoisotopic (exact) mass is 501 g/mol. The molecular formula is C25H22Cl2FN3O3. The van der Waals surface area contributed by atoms with Crippen LogP contribution < -0.4 is 5.32 Å². The van der Waals surface area contributed by atoms with E-state index in [1.54, 1.807) is 35.0 Å². The number of nitrogens with one attached hydrogen (secondary N) is 1. The van der Waals surface area contributed by atoms with Gasteiger partial charge in [0, 0.05) is 16.2 Å². The van der Waals surface area contributed by atoms with Crippen molar-refractivity contribution < 1.29 is 19.0 Å². The summed E-state index contributed by atoms with van der Waals surface area (Å²) in [4.78, 5) is 13.2. The Bertz CT molecular complexity index is 1270. The molecule has 9 heteroatoms. The highest BCUT2D eigenvalue weighted by Gasteiger charge is 2.33. The molecule has 2 atom stereocenters. The van der Waals surface area contributed by atoms with Crippen molar-refractivity contribution in [1.29, 1.82) is 0 Å². The van der Waals surface area contributed by atoms with Crippen LogP contribution in [0.3, 0.4) is 0 Å². The van der Waals surface area contributed by atoms with Crippen LogP contribution in [0.5, 0.6) is 0 Å². The van der Waals surface area contributed by atoms with Gasteiger partial charge in [-0.3, -0.25) is 4.79 Å². The maximum Gasteiger partial charge on any atom is 0.272 e. The van der Waals surface area contributed by atoms with Crippen molar-refractivity contribution in [2.75, 3.05) is 6.61 Å². The standard InChI is InChI=1S/C25H22Cl2FN3O3/c26-16-6-9-21(19(27)11-16)31-24-15(10-14-4-7-17(28)8-5-14)12-34-13-18(24)23(30-31)25(33)29-20-2-1-3-22(20)32/h4-11,20,22,32H,1-3,12-13H2,(H,29,33)/b15-10+/t20-,22-/m1/s1. The molecule has 1 fully saturated rings. The highest BCUT2D eigenvalue weighted by atomic mass is 35.5. The van der Waals surface area contributed by atoms with Crippen LogP contribution >= 0.6 is 23.2 Å². The average molecular weight is 502 g/mol. The topological polar surface area (TPSA) is 76.4 Å². The van der Waals surface area contributed by atoms with Gasteiger partial charge in [-0.15, -0.1) is 0 Å². The molecule has 0 saturated heterocycles. The fourth-order valence-corrected chi connectivity index (χ4v) is 4.96. The number of rotatable bonds is 4. The molecule has 0 bridgehead atoms. The summed E-state index contributed by atoms with van der Waals surface area (Å²) >= 11 is 12.6. The molecule has 34 heavy (non-hydrogen) atoms. The second-order valence-electron chi connectivity index (χ2n) is 8.48. The molecule has 2 aliphatic rings. The summed E-state index contributed by atoms with van der Waals surface area (Å²) in [6.07, 6.45) is 3.53. The number of carbonyl (C=O) groups excluding carboxylic acids is 1. The van der Waals surface area contributed by atoms with Crippen molar-refractivity contribution in [3.05, 3.63) is 80.8 Å². The van der Waals surface area contributed by atoms with Gasteiger partial charge in [0.05, 0.1) is 41.8 Å². The van der Waals surface area contributed by atoms with E-state index in [1.807, 2.05) is 6.08 Å². The fraction of sp³-hybridized carbons (Fsp3) is 0.280. The molecule has 1 aromatic heterocycles. The van der Waals surface area contributed by atoms with E-state index in [9.17, 15) is 14.3 Å². The predicted octanol–water partition coefficient (Wildman–Crippen LogP) is 5.03. The number of nitrogens with zero attached hydrogens (tertiary/aromatic N) is 2. The Labute approximate surface area is 205 Å². The van der Waals surface area contributed by atoms with Gasteiger partial charge in [-0.1, -0.05) is 35.3 Å². The number of ether oxygens (including phenoxy) is 1.